The highest BCUT2D eigenvalue weighted by Crippen LogP contribution is 2.31. The van der Waals surface area contributed by atoms with E-state index in [-0.39, 0.29) is 0 Å². The Kier molecular flexibility index (Phi) is 3.35. The Balaban J connectivity index is 1.99. The number of pyridine rings is 1. The van der Waals surface area contributed by atoms with Crippen molar-refractivity contribution in [2.45, 2.75) is 0 Å². The first-order valence-corrected chi connectivity index (χ1v) is 6.48. The van der Waals surface area contributed by atoms with Crippen LogP contribution in [0.15, 0.2) is 36.8 Å². The average molecular weight is 284 g/mol. The van der Waals surface area contributed by atoms with Crippen LogP contribution in [0.5, 0.6) is 11.5 Å². The van der Waals surface area contributed by atoms with Crippen LogP contribution in [0, 0.1) is 0 Å². The number of rotatable bonds is 4. The van der Waals surface area contributed by atoms with Crippen molar-refractivity contribution in [2.75, 3.05) is 19.5 Å². The maximum absolute atomic E-state index is 5.30. The summed E-state index contributed by atoms with van der Waals surface area (Å²) in [6, 6.07) is 7.55. The molecule has 0 saturated carbocycles. The largest absolute Gasteiger partial charge is 0.493 e. The molecule has 2 heterocycles. The molecule has 0 saturated heterocycles. The molecule has 0 aliphatic carbocycles. The summed E-state index contributed by atoms with van der Waals surface area (Å²) in [6.07, 6.45) is 3.53. The van der Waals surface area contributed by atoms with Gasteiger partial charge in [0.1, 0.15) is 5.52 Å². The number of ether oxygens (including phenoxy) is 2. The van der Waals surface area contributed by atoms with Gasteiger partial charge in [0.2, 0.25) is 0 Å². The van der Waals surface area contributed by atoms with E-state index in [2.05, 4.69) is 15.3 Å². The monoisotopic (exact) mass is 284 g/mol. The number of imidazole rings is 1. The second kappa shape index (κ2) is 5.32. The molecule has 6 nitrogen and oxygen atoms in total. The van der Waals surface area contributed by atoms with Crippen molar-refractivity contribution in [1.82, 2.24) is 14.5 Å². The van der Waals surface area contributed by atoms with E-state index in [1.165, 1.54) is 0 Å². The predicted molar refractivity (Wildman–Crippen MR) is 81.3 cm³/mol. The zero-order chi connectivity index (χ0) is 14.8. The number of aryl methyl sites for hydroxylation is 1. The van der Waals surface area contributed by atoms with Gasteiger partial charge in [0.05, 0.1) is 26.1 Å². The number of benzene rings is 1. The van der Waals surface area contributed by atoms with E-state index in [0.29, 0.717) is 17.3 Å². The van der Waals surface area contributed by atoms with Crippen LogP contribution in [-0.2, 0) is 7.05 Å². The summed E-state index contributed by atoms with van der Waals surface area (Å²) in [5.41, 5.74) is 2.71. The van der Waals surface area contributed by atoms with E-state index in [1.54, 1.807) is 26.7 Å². The van der Waals surface area contributed by atoms with Crippen LogP contribution >= 0.6 is 0 Å². The van der Waals surface area contributed by atoms with Crippen LogP contribution in [0.2, 0.25) is 0 Å². The molecular formula is C15H16N4O2. The molecule has 3 rings (SSSR count). The second-order valence-electron chi connectivity index (χ2n) is 4.58. The summed E-state index contributed by atoms with van der Waals surface area (Å²) in [5.74, 6) is 2.06. The highest BCUT2D eigenvalue weighted by Gasteiger charge is 2.09. The van der Waals surface area contributed by atoms with Crippen LogP contribution in [0.4, 0.5) is 11.5 Å². The van der Waals surface area contributed by atoms with E-state index in [0.717, 1.165) is 16.7 Å². The van der Waals surface area contributed by atoms with Crippen LogP contribution in [0.3, 0.4) is 0 Å². The summed E-state index contributed by atoms with van der Waals surface area (Å²) >= 11 is 0. The fourth-order valence-corrected chi connectivity index (χ4v) is 2.20. The minimum Gasteiger partial charge on any atom is -0.493 e. The molecule has 0 aliphatic heterocycles. The lowest BCUT2D eigenvalue weighted by atomic mass is 10.2. The van der Waals surface area contributed by atoms with Crippen molar-refractivity contribution in [3.05, 3.63) is 36.8 Å². The van der Waals surface area contributed by atoms with Crippen molar-refractivity contribution < 1.29 is 9.47 Å². The summed E-state index contributed by atoms with van der Waals surface area (Å²) in [5, 5.41) is 3.26. The number of aromatic nitrogens is 3. The van der Waals surface area contributed by atoms with E-state index in [1.807, 2.05) is 35.9 Å². The lowest BCUT2D eigenvalue weighted by Crippen LogP contribution is -1.97. The smallest absolute Gasteiger partial charge is 0.162 e. The Labute approximate surface area is 122 Å². The van der Waals surface area contributed by atoms with Crippen molar-refractivity contribution in [3.8, 4) is 11.5 Å². The molecule has 1 aromatic carbocycles. The summed E-state index contributed by atoms with van der Waals surface area (Å²) in [6.45, 7) is 0. The molecule has 0 atom stereocenters. The zero-order valence-corrected chi connectivity index (χ0v) is 12.1. The number of nitrogens with one attached hydrogen (secondary N) is 1. The first kappa shape index (κ1) is 13.2. The van der Waals surface area contributed by atoms with Crippen molar-refractivity contribution in [2.24, 2.45) is 7.05 Å². The maximum atomic E-state index is 5.30. The Morgan fingerprint density at radius 1 is 1.05 bits per heavy atom. The Morgan fingerprint density at radius 2 is 1.86 bits per heavy atom. The fourth-order valence-electron chi connectivity index (χ4n) is 2.20. The summed E-state index contributed by atoms with van der Waals surface area (Å²) in [7, 11) is 5.18. The third kappa shape index (κ3) is 2.35. The van der Waals surface area contributed by atoms with Gasteiger partial charge in [0, 0.05) is 25.0 Å². The quantitative estimate of drug-likeness (QED) is 0.798. The Hall–Kier alpha value is -2.76. The molecule has 3 aromatic rings. The fraction of sp³-hybridized carbons (Fsp3) is 0.200. The number of anilines is 2. The van der Waals surface area contributed by atoms with Crippen molar-refractivity contribution >= 4 is 22.5 Å². The number of hydrogen-bond donors (Lipinski definition) is 1. The van der Waals surface area contributed by atoms with Crippen LogP contribution < -0.4 is 14.8 Å². The predicted octanol–water partition coefficient (Wildman–Crippen LogP) is 2.73. The molecule has 0 bridgehead atoms. The third-order valence-corrected chi connectivity index (χ3v) is 3.29. The van der Waals surface area contributed by atoms with Gasteiger partial charge >= 0.3 is 0 Å². The first-order valence-electron chi connectivity index (χ1n) is 6.48. The van der Waals surface area contributed by atoms with Gasteiger partial charge in [-0.1, -0.05) is 0 Å². The van der Waals surface area contributed by atoms with E-state index in [4.69, 9.17) is 9.47 Å². The lowest BCUT2D eigenvalue weighted by Gasteiger charge is -2.11. The molecule has 0 unspecified atom stereocenters. The number of methoxy groups -OCH3 is 2. The molecule has 0 radical (unpaired) electrons. The summed E-state index contributed by atoms with van der Waals surface area (Å²) < 4.78 is 12.5. The second-order valence-corrected chi connectivity index (χ2v) is 4.58. The molecular weight excluding hydrogens is 268 g/mol. The molecule has 6 heteroatoms. The molecule has 0 fully saturated rings. The van der Waals surface area contributed by atoms with Crippen molar-refractivity contribution in [1.29, 1.82) is 0 Å². The highest BCUT2D eigenvalue weighted by atomic mass is 16.5. The molecule has 0 spiro atoms. The summed E-state index contributed by atoms with van der Waals surface area (Å²) in [4.78, 5) is 8.73. The minimum absolute atomic E-state index is 0.663. The molecule has 0 aliphatic rings. The molecule has 108 valence electrons. The number of hydrogen-bond acceptors (Lipinski definition) is 5. The zero-order valence-electron chi connectivity index (χ0n) is 12.1. The molecule has 2 aromatic heterocycles. The Bertz CT molecular complexity index is 782. The van der Waals surface area contributed by atoms with Gasteiger partial charge in [0.25, 0.3) is 0 Å². The van der Waals surface area contributed by atoms with E-state index >= 15 is 0 Å². The SMILES string of the molecule is COc1ccc(Nc2nccc3c2ncn3C)cc1OC. The topological polar surface area (TPSA) is 61.2 Å². The van der Waals surface area contributed by atoms with Crippen LogP contribution in [0.1, 0.15) is 0 Å². The highest BCUT2D eigenvalue weighted by molar-refractivity contribution is 5.87. The van der Waals surface area contributed by atoms with Gasteiger partial charge in [-0.25, -0.2) is 9.97 Å². The standard InChI is InChI=1S/C15H16N4O2/c1-19-9-17-14-11(19)6-7-16-15(14)18-10-4-5-12(20-2)13(8-10)21-3/h4-9H,1-3H3,(H,16,18). The lowest BCUT2D eigenvalue weighted by molar-refractivity contribution is 0.355. The maximum Gasteiger partial charge on any atom is 0.162 e. The molecule has 1 N–H and O–H groups in total. The van der Waals surface area contributed by atoms with E-state index < -0.39 is 0 Å². The van der Waals surface area contributed by atoms with Gasteiger partial charge in [-0.05, 0) is 18.2 Å². The molecule has 21 heavy (non-hydrogen) atoms. The normalized spacial score (nSPS) is 10.6. The van der Waals surface area contributed by atoms with Crippen LogP contribution in [-0.4, -0.2) is 28.8 Å². The van der Waals surface area contributed by atoms with Gasteiger partial charge in [0.15, 0.2) is 17.3 Å². The number of nitrogens with zero attached hydrogens (tertiary/aromatic N) is 3. The first-order chi connectivity index (χ1) is 10.2. The average Bonchev–Trinajstić information content (AvgIpc) is 2.90. The van der Waals surface area contributed by atoms with Gasteiger partial charge in [-0.15, -0.1) is 0 Å². The number of fused-ring (bicyclic) bond motifs is 1. The molecule has 0 amide bonds. The Morgan fingerprint density at radius 3 is 2.62 bits per heavy atom. The van der Waals surface area contributed by atoms with Gasteiger partial charge < -0.3 is 19.4 Å². The minimum atomic E-state index is 0.663. The van der Waals surface area contributed by atoms with Crippen molar-refractivity contribution in [3.63, 3.8) is 0 Å². The van der Waals surface area contributed by atoms with Gasteiger partial charge in [-0.2, -0.15) is 0 Å². The van der Waals surface area contributed by atoms with E-state index in [9.17, 15) is 0 Å². The van der Waals surface area contributed by atoms with Gasteiger partial charge in [-0.3, -0.25) is 0 Å². The third-order valence-electron chi connectivity index (χ3n) is 3.29. The van der Waals surface area contributed by atoms with Crippen LogP contribution in [0.25, 0.3) is 11.0 Å².